The molecule has 1 saturated heterocycles. The summed E-state index contributed by atoms with van der Waals surface area (Å²) in [6.07, 6.45) is 1.32. The van der Waals surface area contributed by atoms with Gasteiger partial charge in [0.2, 0.25) is 0 Å². The van der Waals surface area contributed by atoms with Gasteiger partial charge in [0, 0.05) is 20.3 Å². The van der Waals surface area contributed by atoms with Gasteiger partial charge in [-0.1, -0.05) is 0 Å². The molecule has 1 aliphatic rings. The first kappa shape index (κ1) is 12.7. The fourth-order valence-corrected chi connectivity index (χ4v) is 1.54. The summed E-state index contributed by atoms with van der Waals surface area (Å²) in [5.74, 6) is -0.704. The van der Waals surface area contributed by atoms with E-state index < -0.39 is 11.4 Å². The zero-order valence-electron chi connectivity index (χ0n) is 7.71. The molecule has 0 aromatic heterocycles. The van der Waals surface area contributed by atoms with E-state index >= 15 is 0 Å². The van der Waals surface area contributed by atoms with Gasteiger partial charge in [-0.3, -0.25) is 4.79 Å². The van der Waals surface area contributed by atoms with Crippen molar-refractivity contribution in [1.29, 1.82) is 0 Å². The lowest BCUT2D eigenvalue weighted by Crippen LogP contribution is -2.34. The molecule has 1 rings (SSSR count). The Morgan fingerprint density at radius 3 is 2.77 bits per heavy atom. The molecule has 1 fully saturated rings. The minimum absolute atomic E-state index is 0. The monoisotopic (exact) mass is 209 g/mol. The number of nitrogens with one attached hydrogen (secondary N) is 1. The van der Waals surface area contributed by atoms with Gasteiger partial charge in [-0.25, -0.2) is 0 Å². The van der Waals surface area contributed by atoms with Crippen LogP contribution < -0.4 is 5.32 Å². The molecule has 13 heavy (non-hydrogen) atoms. The van der Waals surface area contributed by atoms with Gasteiger partial charge in [-0.2, -0.15) is 0 Å². The highest BCUT2D eigenvalue weighted by Gasteiger charge is 2.40. The Labute approximate surface area is 84.1 Å². The Morgan fingerprint density at radius 2 is 2.38 bits per heavy atom. The summed E-state index contributed by atoms with van der Waals surface area (Å²) in [5, 5.41) is 12.1. The first-order valence-electron chi connectivity index (χ1n) is 4.14. The largest absolute Gasteiger partial charge is 0.481 e. The number of halogens is 1. The van der Waals surface area contributed by atoms with Crippen molar-refractivity contribution in [3.05, 3.63) is 0 Å². The second-order valence-electron chi connectivity index (χ2n) is 3.26. The van der Waals surface area contributed by atoms with Crippen LogP contribution in [0, 0.1) is 5.41 Å². The van der Waals surface area contributed by atoms with Crippen LogP contribution in [0.4, 0.5) is 0 Å². The van der Waals surface area contributed by atoms with Crippen molar-refractivity contribution < 1.29 is 14.6 Å². The van der Waals surface area contributed by atoms with Crippen LogP contribution >= 0.6 is 12.4 Å². The Morgan fingerprint density at radius 1 is 1.69 bits per heavy atom. The van der Waals surface area contributed by atoms with Crippen molar-refractivity contribution in [2.24, 2.45) is 5.41 Å². The lowest BCUT2D eigenvalue weighted by molar-refractivity contribution is -0.148. The number of ether oxygens (including phenoxy) is 1. The quantitative estimate of drug-likeness (QED) is 0.709. The minimum Gasteiger partial charge on any atom is -0.481 e. The number of carboxylic acid groups (broad SMARTS) is 1. The smallest absolute Gasteiger partial charge is 0.311 e. The summed E-state index contributed by atoms with van der Waals surface area (Å²) < 4.78 is 4.89. The normalized spacial score (nSPS) is 26.8. The summed E-state index contributed by atoms with van der Waals surface area (Å²) in [6, 6.07) is 0. The van der Waals surface area contributed by atoms with Crippen LogP contribution in [0.25, 0.3) is 0 Å². The van der Waals surface area contributed by atoms with Crippen LogP contribution in [0.15, 0.2) is 0 Å². The van der Waals surface area contributed by atoms with E-state index in [0.29, 0.717) is 26.0 Å². The van der Waals surface area contributed by atoms with Gasteiger partial charge >= 0.3 is 5.97 Å². The van der Waals surface area contributed by atoms with Crippen LogP contribution in [-0.2, 0) is 9.53 Å². The van der Waals surface area contributed by atoms with Crippen molar-refractivity contribution in [2.75, 3.05) is 26.8 Å². The van der Waals surface area contributed by atoms with Gasteiger partial charge in [0.1, 0.15) is 0 Å². The summed E-state index contributed by atoms with van der Waals surface area (Å²) in [4.78, 5) is 10.9. The highest BCUT2D eigenvalue weighted by molar-refractivity contribution is 5.85. The molecule has 78 valence electrons. The fourth-order valence-electron chi connectivity index (χ4n) is 1.54. The van der Waals surface area contributed by atoms with Gasteiger partial charge in [0.25, 0.3) is 0 Å². The van der Waals surface area contributed by atoms with Crippen molar-refractivity contribution in [3.63, 3.8) is 0 Å². The van der Waals surface area contributed by atoms with E-state index in [1.807, 2.05) is 0 Å². The topological polar surface area (TPSA) is 58.6 Å². The molecular weight excluding hydrogens is 194 g/mol. The zero-order chi connectivity index (χ0) is 9.03. The maximum absolute atomic E-state index is 10.9. The minimum atomic E-state index is -0.704. The van der Waals surface area contributed by atoms with Crippen molar-refractivity contribution >= 4 is 18.4 Å². The number of hydrogen-bond acceptors (Lipinski definition) is 3. The maximum atomic E-state index is 10.9. The molecule has 0 amide bonds. The highest BCUT2D eigenvalue weighted by atomic mass is 35.5. The van der Waals surface area contributed by atoms with E-state index in [1.165, 1.54) is 0 Å². The van der Waals surface area contributed by atoms with E-state index in [4.69, 9.17) is 9.84 Å². The van der Waals surface area contributed by atoms with E-state index in [1.54, 1.807) is 7.11 Å². The number of aliphatic carboxylic acids is 1. The third-order valence-electron chi connectivity index (χ3n) is 2.48. The SMILES string of the molecule is COCCC1(C(=O)O)CCNC1.Cl. The summed E-state index contributed by atoms with van der Waals surface area (Å²) in [6.45, 7) is 1.90. The molecule has 1 atom stereocenters. The Hall–Kier alpha value is -0.320. The maximum Gasteiger partial charge on any atom is 0.311 e. The van der Waals surface area contributed by atoms with Gasteiger partial charge in [-0.05, 0) is 19.4 Å². The third-order valence-corrected chi connectivity index (χ3v) is 2.48. The molecule has 1 unspecified atom stereocenters. The van der Waals surface area contributed by atoms with E-state index in [-0.39, 0.29) is 12.4 Å². The zero-order valence-corrected chi connectivity index (χ0v) is 8.52. The van der Waals surface area contributed by atoms with Crippen LogP contribution in [-0.4, -0.2) is 37.9 Å². The van der Waals surface area contributed by atoms with Gasteiger partial charge in [-0.15, -0.1) is 12.4 Å². The fraction of sp³-hybridized carbons (Fsp3) is 0.875. The first-order valence-corrected chi connectivity index (χ1v) is 4.14. The summed E-state index contributed by atoms with van der Waals surface area (Å²) >= 11 is 0. The number of methoxy groups -OCH3 is 1. The van der Waals surface area contributed by atoms with Gasteiger partial charge in [0.15, 0.2) is 0 Å². The molecule has 2 N–H and O–H groups in total. The van der Waals surface area contributed by atoms with Crippen molar-refractivity contribution in [2.45, 2.75) is 12.8 Å². The molecule has 0 spiro atoms. The van der Waals surface area contributed by atoms with E-state index in [9.17, 15) is 4.79 Å². The predicted octanol–water partition coefficient (Wildman–Crippen LogP) is 0.509. The van der Waals surface area contributed by atoms with Gasteiger partial charge in [0.05, 0.1) is 5.41 Å². The van der Waals surface area contributed by atoms with Crippen LogP contribution in [0.5, 0.6) is 0 Å². The van der Waals surface area contributed by atoms with Crippen LogP contribution in [0.1, 0.15) is 12.8 Å². The number of carboxylic acids is 1. The Kier molecular flexibility index (Phi) is 5.29. The molecule has 4 nitrogen and oxygen atoms in total. The van der Waals surface area contributed by atoms with Crippen LogP contribution in [0.2, 0.25) is 0 Å². The lowest BCUT2D eigenvalue weighted by Gasteiger charge is -2.21. The molecule has 1 aliphatic heterocycles. The standard InChI is InChI=1S/C8H15NO3.ClH/c1-12-5-3-8(7(10)11)2-4-9-6-8;/h9H,2-6H2,1H3,(H,10,11);1H. The molecule has 0 saturated carbocycles. The molecule has 5 heteroatoms. The molecule has 0 aromatic rings. The number of rotatable bonds is 4. The predicted molar refractivity (Wildman–Crippen MR) is 51.3 cm³/mol. The lowest BCUT2D eigenvalue weighted by atomic mass is 9.84. The molecule has 0 radical (unpaired) electrons. The molecular formula is C8H16ClNO3. The molecule has 1 heterocycles. The molecule has 0 aliphatic carbocycles. The second kappa shape index (κ2) is 5.42. The Balaban J connectivity index is 0.00000144. The first-order chi connectivity index (χ1) is 5.71. The Bertz CT molecular complexity index is 169. The van der Waals surface area contributed by atoms with E-state index in [2.05, 4.69) is 5.32 Å². The molecule has 0 aromatic carbocycles. The summed E-state index contributed by atoms with van der Waals surface area (Å²) in [5.41, 5.74) is -0.573. The summed E-state index contributed by atoms with van der Waals surface area (Å²) in [7, 11) is 1.60. The third kappa shape index (κ3) is 2.83. The number of carbonyl (C=O) groups is 1. The second-order valence-corrected chi connectivity index (χ2v) is 3.26. The average molecular weight is 210 g/mol. The van der Waals surface area contributed by atoms with Crippen molar-refractivity contribution in [3.8, 4) is 0 Å². The molecule has 0 bridgehead atoms. The van der Waals surface area contributed by atoms with Gasteiger partial charge < -0.3 is 15.2 Å². The van der Waals surface area contributed by atoms with Crippen molar-refractivity contribution in [1.82, 2.24) is 5.32 Å². The highest BCUT2D eigenvalue weighted by Crippen LogP contribution is 2.29. The number of hydrogen-bond donors (Lipinski definition) is 2. The van der Waals surface area contributed by atoms with E-state index in [0.717, 1.165) is 6.54 Å². The average Bonchev–Trinajstić information content (AvgIpc) is 2.50. The van der Waals surface area contributed by atoms with Crippen LogP contribution in [0.3, 0.4) is 0 Å².